The lowest BCUT2D eigenvalue weighted by molar-refractivity contribution is 0.0943. The molecule has 0 aliphatic heterocycles. The summed E-state index contributed by atoms with van der Waals surface area (Å²) in [6, 6.07) is 1.63. The summed E-state index contributed by atoms with van der Waals surface area (Å²) < 4.78 is 4.93. The van der Waals surface area contributed by atoms with Crippen LogP contribution >= 0.6 is 0 Å². The number of nitrogens with one attached hydrogen (secondary N) is 1. The molecule has 1 N–H and O–H groups in total. The van der Waals surface area contributed by atoms with Crippen LogP contribution in [0.25, 0.3) is 0 Å². The fourth-order valence-electron chi connectivity index (χ4n) is 1.66. The van der Waals surface area contributed by atoms with Gasteiger partial charge in [0, 0.05) is 40.1 Å². The van der Waals surface area contributed by atoms with Crippen molar-refractivity contribution in [1.82, 2.24) is 15.3 Å². The van der Waals surface area contributed by atoms with Crippen molar-refractivity contribution in [3.8, 4) is 0 Å². The van der Waals surface area contributed by atoms with Gasteiger partial charge in [-0.1, -0.05) is 13.3 Å². The fraction of sp³-hybridized carbons (Fsp3) is 0.643. The number of amides is 1. The Balaban J connectivity index is 2.55. The highest BCUT2D eigenvalue weighted by Crippen LogP contribution is 2.06. The summed E-state index contributed by atoms with van der Waals surface area (Å²) in [5, 5.41) is 2.82. The largest absolute Gasteiger partial charge is 0.385 e. The van der Waals surface area contributed by atoms with Crippen molar-refractivity contribution in [2.45, 2.75) is 26.2 Å². The van der Waals surface area contributed by atoms with Gasteiger partial charge in [-0.25, -0.2) is 9.97 Å². The van der Waals surface area contributed by atoms with Crippen LogP contribution in [0.4, 0.5) is 5.95 Å². The SMILES string of the molecule is CCCCN(C)c1nccc(C(=O)NCCCOC)n1. The first-order valence-electron chi connectivity index (χ1n) is 7.00. The molecule has 0 radical (unpaired) electrons. The van der Waals surface area contributed by atoms with Crippen LogP contribution in [0.2, 0.25) is 0 Å². The highest BCUT2D eigenvalue weighted by atomic mass is 16.5. The Morgan fingerprint density at radius 1 is 1.45 bits per heavy atom. The Bertz CT molecular complexity index is 412. The maximum absolute atomic E-state index is 11.9. The van der Waals surface area contributed by atoms with E-state index in [9.17, 15) is 4.79 Å². The summed E-state index contributed by atoms with van der Waals surface area (Å²) in [7, 11) is 3.58. The van der Waals surface area contributed by atoms with Gasteiger partial charge in [0.1, 0.15) is 5.69 Å². The van der Waals surface area contributed by atoms with Crippen LogP contribution in [0, 0.1) is 0 Å². The summed E-state index contributed by atoms with van der Waals surface area (Å²) in [5.41, 5.74) is 0.399. The number of hydrogen-bond donors (Lipinski definition) is 1. The predicted octanol–water partition coefficient (Wildman–Crippen LogP) is 1.48. The Hall–Kier alpha value is -1.69. The minimum Gasteiger partial charge on any atom is -0.385 e. The molecule has 112 valence electrons. The molecule has 1 heterocycles. The third-order valence-electron chi connectivity index (χ3n) is 2.87. The number of hydrogen-bond acceptors (Lipinski definition) is 5. The van der Waals surface area contributed by atoms with E-state index in [1.165, 1.54) is 0 Å². The molecular weight excluding hydrogens is 256 g/mol. The van der Waals surface area contributed by atoms with E-state index >= 15 is 0 Å². The quantitative estimate of drug-likeness (QED) is 0.694. The van der Waals surface area contributed by atoms with Crippen LogP contribution in [0.15, 0.2) is 12.3 Å². The molecule has 1 amide bonds. The molecule has 0 atom stereocenters. The fourth-order valence-corrected chi connectivity index (χ4v) is 1.66. The van der Waals surface area contributed by atoms with Crippen LogP contribution < -0.4 is 10.2 Å². The first-order chi connectivity index (χ1) is 9.69. The second-order valence-corrected chi connectivity index (χ2v) is 4.62. The van der Waals surface area contributed by atoms with Gasteiger partial charge in [-0.3, -0.25) is 4.79 Å². The van der Waals surface area contributed by atoms with Crippen molar-refractivity contribution in [2.24, 2.45) is 0 Å². The van der Waals surface area contributed by atoms with Crippen molar-refractivity contribution >= 4 is 11.9 Å². The van der Waals surface area contributed by atoms with E-state index < -0.39 is 0 Å². The molecule has 0 fully saturated rings. The average Bonchev–Trinajstić information content (AvgIpc) is 2.49. The van der Waals surface area contributed by atoms with Gasteiger partial charge in [0.05, 0.1) is 0 Å². The van der Waals surface area contributed by atoms with E-state index in [4.69, 9.17) is 4.74 Å². The lowest BCUT2D eigenvalue weighted by Gasteiger charge is -2.16. The summed E-state index contributed by atoms with van der Waals surface area (Å²) in [6.45, 7) is 4.24. The molecular formula is C14H24N4O2. The lowest BCUT2D eigenvalue weighted by Crippen LogP contribution is -2.27. The zero-order chi connectivity index (χ0) is 14.8. The van der Waals surface area contributed by atoms with E-state index in [1.54, 1.807) is 19.4 Å². The molecule has 0 spiro atoms. The molecule has 0 saturated heterocycles. The molecule has 20 heavy (non-hydrogen) atoms. The van der Waals surface area contributed by atoms with E-state index in [0.29, 0.717) is 24.8 Å². The van der Waals surface area contributed by atoms with Gasteiger partial charge in [0.25, 0.3) is 5.91 Å². The maximum Gasteiger partial charge on any atom is 0.270 e. The van der Waals surface area contributed by atoms with Crippen LogP contribution in [0.3, 0.4) is 0 Å². The molecule has 1 aromatic heterocycles. The number of carbonyl (C=O) groups excluding carboxylic acids is 1. The second kappa shape index (κ2) is 9.25. The molecule has 0 unspecified atom stereocenters. The predicted molar refractivity (Wildman–Crippen MR) is 79.0 cm³/mol. The number of ether oxygens (including phenoxy) is 1. The van der Waals surface area contributed by atoms with Gasteiger partial charge in [0.2, 0.25) is 5.95 Å². The minimum absolute atomic E-state index is 0.173. The van der Waals surface area contributed by atoms with E-state index in [0.717, 1.165) is 25.8 Å². The van der Waals surface area contributed by atoms with Crippen molar-refractivity contribution in [3.05, 3.63) is 18.0 Å². The smallest absolute Gasteiger partial charge is 0.270 e. The molecule has 0 aliphatic rings. The van der Waals surface area contributed by atoms with E-state index in [1.807, 2.05) is 11.9 Å². The number of rotatable bonds is 9. The monoisotopic (exact) mass is 280 g/mol. The first-order valence-corrected chi connectivity index (χ1v) is 7.00. The molecule has 6 nitrogen and oxygen atoms in total. The molecule has 1 rings (SSSR count). The molecule has 0 bridgehead atoms. The Kier molecular flexibility index (Phi) is 7.57. The molecule has 6 heteroatoms. The Morgan fingerprint density at radius 3 is 2.95 bits per heavy atom. The number of methoxy groups -OCH3 is 1. The van der Waals surface area contributed by atoms with Crippen LogP contribution in [-0.2, 0) is 4.74 Å². The first kappa shape index (κ1) is 16.4. The van der Waals surface area contributed by atoms with Gasteiger partial charge in [-0.15, -0.1) is 0 Å². The number of anilines is 1. The third kappa shape index (κ3) is 5.52. The summed E-state index contributed by atoms with van der Waals surface area (Å²) in [6.07, 6.45) is 4.60. The maximum atomic E-state index is 11.9. The second-order valence-electron chi connectivity index (χ2n) is 4.62. The Morgan fingerprint density at radius 2 is 2.25 bits per heavy atom. The normalized spacial score (nSPS) is 10.3. The molecule has 1 aromatic rings. The number of unbranched alkanes of at least 4 members (excludes halogenated alkanes) is 1. The highest BCUT2D eigenvalue weighted by Gasteiger charge is 2.10. The van der Waals surface area contributed by atoms with Crippen molar-refractivity contribution in [2.75, 3.05) is 38.8 Å². The van der Waals surface area contributed by atoms with Crippen molar-refractivity contribution < 1.29 is 9.53 Å². The standard InChI is InChI=1S/C14H24N4O2/c1-4-5-10-18(2)14-16-9-7-12(17-14)13(19)15-8-6-11-20-3/h7,9H,4-6,8,10-11H2,1-3H3,(H,15,19). The topological polar surface area (TPSA) is 67.4 Å². The van der Waals surface area contributed by atoms with Gasteiger partial charge < -0.3 is 15.0 Å². The van der Waals surface area contributed by atoms with Gasteiger partial charge >= 0.3 is 0 Å². The minimum atomic E-state index is -0.173. The third-order valence-corrected chi connectivity index (χ3v) is 2.87. The number of carbonyl (C=O) groups is 1. The zero-order valence-electron chi connectivity index (χ0n) is 12.6. The lowest BCUT2D eigenvalue weighted by atomic mass is 10.3. The van der Waals surface area contributed by atoms with Crippen molar-refractivity contribution in [3.63, 3.8) is 0 Å². The average molecular weight is 280 g/mol. The van der Waals surface area contributed by atoms with Gasteiger partial charge in [-0.2, -0.15) is 0 Å². The van der Waals surface area contributed by atoms with E-state index in [2.05, 4.69) is 22.2 Å². The summed E-state index contributed by atoms with van der Waals surface area (Å²) in [5.74, 6) is 0.414. The summed E-state index contributed by atoms with van der Waals surface area (Å²) in [4.78, 5) is 22.4. The van der Waals surface area contributed by atoms with Gasteiger partial charge in [0.15, 0.2) is 0 Å². The number of aromatic nitrogens is 2. The van der Waals surface area contributed by atoms with Crippen molar-refractivity contribution in [1.29, 1.82) is 0 Å². The Labute approximate surface area is 120 Å². The molecule has 0 aromatic carbocycles. The highest BCUT2D eigenvalue weighted by molar-refractivity contribution is 5.92. The van der Waals surface area contributed by atoms with Crippen LogP contribution in [0.5, 0.6) is 0 Å². The van der Waals surface area contributed by atoms with Crippen LogP contribution in [0.1, 0.15) is 36.7 Å². The molecule has 0 saturated carbocycles. The van der Waals surface area contributed by atoms with E-state index in [-0.39, 0.29) is 5.91 Å². The van der Waals surface area contributed by atoms with Gasteiger partial charge in [-0.05, 0) is 18.9 Å². The zero-order valence-corrected chi connectivity index (χ0v) is 12.6. The summed E-state index contributed by atoms with van der Waals surface area (Å²) >= 11 is 0. The van der Waals surface area contributed by atoms with Crippen LogP contribution in [-0.4, -0.2) is 49.7 Å². The molecule has 0 aliphatic carbocycles. The number of nitrogens with zero attached hydrogens (tertiary/aromatic N) is 3.